The van der Waals surface area contributed by atoms with Crippen molar-refractivity contribution in [2.45, 2.75) is 52.7 Å². The van der Waals surface area contributed by atoms with Crippen LogP contribution in [-0.4, -0.2) is 10.6 Å². The second-order valence-corrected chi connectivity index (χ2v) is 4.53. The Morgan fingerprint density at radius 2 is 1.79 bits per heavy atom. The lowest BCUT2D eigenvalue weighted by Crippen LogP contribution is -2.25. The molecule has 0 unspecified atom stereocenters. The molecule has 0 aliphatic heterocycles. The van der Waals surface area contributed by atoms with Gasteiger partial charge in [-0.1, -0.05) is 13.8 Å². The van der Waals surface area contributed by atoms with E-state index in [0.29, 0.717) is 18.1 Å². The summed E-state index contributed by atoms with van der Waals surface area (Å²) in [6.07, 6.45) is 4.38. The lowest BCUT2D eigenvalue weighted by atomic mass is 10.1. The standard InChI is InChI=1S/C12H22N2/c1-9(2)13-11(5)12-6-7-14(8-12)10(3)4/h6-11,13H,1-5H3/t11-/m1/s1. The van der Waals surface area contributed by atoms with Gasteiger partial charge in [0.25, 0.3) is 0 Å². The molecule has 14 heavy (non-hydrogen) atoms. The van der Waals surface area contributed by atoms with Crippen molar-refractivity contribution in [3.05, 3.63) is 24.0 Å². The summed E-state index contributed by atoms with van der Waals surface area (Å²) in [5.74, 6) is 0. The molecule has 0 aliphatic carbocycles. The van der Waals surface area contributed by atoms with Gasteiger partial charge >= 0.3 is 0 Å². The monoisotopic (exact) mass is 194 g/mol. The summed E-state index contributed by atoms with van der Waals surface area (Å²) in [6.45, 7) is 11.0. The molecule has 2 nitrogen and oxygen atoms in total. The molecule has 0 spiro atoms. The molecular weight excluding hydrogens is 172 g/mol. The average Bonchev–Trinajstić information content (AvgIpc) is 2.50. The number of nitrogens with zero attached hydrogens (tertiary/aromatic N) is 1. The minimum absolute atomic E-state index is 0.440. The van der Waals surface area contributed by atoms with Crippen molar-refractivity contribution in [2.24, 2.45) is 0 Å². The van der Waals surface area contributed by atoms with Crippen LogP contribution in [-0.2, 0) is 0 Å². The van der Waals surface area contributed by atoms with E-state index in [1.54, 1.807) is 0 Å². The van der Waals surface area contributed by atoms with E-state index in [1.165, 1.54) is 5.56 Å². The Morgan fingerprint density at radius 1 is 1.14 bits per heavy atom. The van der Waals surface area contributed by atoms with E-state index >= 15 is 0 Å². The predicted octanol–water partition coefficient (Wildman–Crippen LogP) is 3.13. The quantitative estimate of drug-likeness (QED) is 0.779. The van der Waals surface area contributed by atoms with Crippen LogP contribution in [0.3, 0.4) is 0 Å². The van der Waals surface area contributed by atoms with E-state index < -0.39 is 0 Å². The van der Waals surface area contributed by atoms with Gasteiger partial charge in [0.05, 0.1) is 0 Å². The lowest BCUT2D eigenvalue weighted by molar-refractivity contribution is 0.504. The Morgan fingerprint density at radius 3 is 2.21 bits per heavy atom. The SMILES string of the molecule is CC(C)N[C@H](C)c1ccn(C(C)C)c1. The number of hydrogen-bond donors (Lipinski definition) is 1. The number of aromatic nitrogens is 1. The third-order valence-electron chi connectivity index (χ3n) is 2.42. The molecule has 1 N–H and O–H groups in total. The Bertz CT molecular complexity index is 274. The van der Waals surface area contributed by atoms with Gasteiger partial charge in [-0.25, -0.2) is 0 Å². The fourth-order valence-corrected chi connectivity index (χ4v) is 1.60. The van der Waals surface area contributed by atoms with Crippen molar-refractivity contribution in [3.63, 3.8) is 0 Å². The van der Waals surface area contributed by atoms with E-state index in [2.05, 4.69) is 63.0 Å². The maximum absolute atomic E-state index is 3.50. The van der Waals surface area contributed by atoms with Crippen molar-refractivity contribution in [1.82, 2.24) is 9.88 Å². The van der Waals surface area contributed by atoms with Crippen LogP contribution < -0.4 is 5.32 Å². The van der Waals surface area contributed by atoms with Crippen molar-refractivity contribution >= 4 is 0 Å². The first kappa shape index (κ1) is 11.3. The smallest absolute Gasteiger partial charge is 0.0309 e. The number of rotatable bonds is 4. The summed E-state index contributed by atoms with van der Waals surface area (Å²) in [6, 6.07) is 3.72. The Labute approximate surface area is 87.3 Å². The van der Waals surface area contributed by atoms with Gasteiger partial charge in [-0.2, -0.15) is 0 Å². The highest BCUT2D eigenvalue weighted by molar-refractivity contribution is 5.15. The van der Waals surface area contributed by atoms with Crippen LogP contribution in [0.5, 0.6) is 0 Å². The van der Waals surface area contributed by atoms with Crippen LogP contribution in [0.4, 0.5) is 0 Å². The van der Waals surface area contributed by atoms with Gasteiger partial charge in [-0.05, 0) is 32.4 Å². The lowest BCUT2D eigenvalue weighted by Gasteiger charge is -2.15. The first-order valence-electron chi connectivity index (χ1n) is 5.44. The van der Waals surface area contributed by atoms with Gasteiger partial charge in [-0.3, -0.25) is 0 Å². The van der Waals surface area contributed by atoms with Gasteiger partial charge in [-0.15, -0.1) is 0 Å². The summed E-state index contributed by atoms with van der Waals surface area (Å²) in [7, 11) is 0. The first-order valence-corrected chi connectivity index (χ1v) is 5.44. The van der Waals surface area contributed by atoms with Crippen LogP contribution in [0, 0.1) is 0 Å². The minimum Gasteiger partial charge on any atom is -0.351 e. The van der Waals surface area contributed by atoms with Gasteiger partial charge in [0.2, 0.25) is 0 Å². The molecular formula is C12H22N2. The maximum atomic E-state index is 3.50. The topological polar surface area (TPSA) is 17.0 Å². The van der Waals surface area contributed by atoms with Crippen LogP contribution in [0.15, 0.2) is 18.5 Å². The van der Waals surface area contributed by atoms with Gasteiger partial charge in [0, 0.05) is 30.5 Å². The molecule has 1 aromatic heterocycles. The minimum atomic E-state index is 0.440. The zero-order chi connectivity index (χ0) is 10.7. The van der Waals surface area contributed by atoms with Crippen LogP contribution in [0.25, 0.3) is 0 Å². The molecule has 0 aliphatic rings. The van der Waals surface area contributed by atoms with Gasteiger partial charge in [0.15, 0.2) is 0 Å². The van der Waals surface area contributed by atoms with Crippen molar-refractivity contribution < 1.29 is 0 Å². The zero-order valence-electron chi connectivity index (χ0n) is 9.91. The molecule has 0 radical (unpaired) electrons. The second kappa shape index (κ2) is 4.65. The Balaban J connectivity index is 2.66. The second-order valence-electron chi connectivity index (χ2n) is 4.53. The fourth-order valence-electron chi connectivity index (χ4n) is 1.60. The van der Waals surface area contributed by atoms with Crippen molar-refractivity contribution in [2.75, 3.05) is 0 Å². The molecule has 1 rings (SSSR count). The molecule has 80 valence electrons. The summed E-state index contributed by atoms with van der Waals surface area (Å²) in [4.78, 5) is 0. The molecule has 0 bridgehead atoms. The average molecular weight is 194 g/mol. The zero-order valence-corrected chi connectivity index (χ0v) is 9.91. The van der Waals surface area contributed by atoms with E-state index in [1.807, 2.05) is 0 Å². The number of nitrogens with one attached hydrogen (secondary N) is 1. The number of hydrogen-bond acceptors (Lipinski definition) is 1. The highest BCUT2D eigenvalue weighted by atomic mass is 15.0. The normalized spacial score (nSPS) is 13.9. The molecule has 1 atom stereocenters. The van der Waals surface area contributed by atoms with Crippen LogP contribution in [0.1, 0.15) is 52.3 Å². The maximum Gasteiger partial charge on any atom is 0.0309 e. The molecule has 2 heteroatoms. The van der Waals surface area contributed by atoms with Crippen LogP contribution in [0.2, 0.25) is 0 Å². The summed E-state index contributed by atoms with van der Waals surface area (Å²) < 4.78 is 2.24. The molecule has 0 fully saturated rings. The van der Waals surface area contributed by atoms with E-state index in [0.717, 1.165) is 0 Å². The Hall–Kier alpha value is -0.760. The first-order chi connectivity index (χ1) is 6.50. The van der Waals surface area contributed by atoms with Gasteiger partial charge in [0.1, 0.15) is 0 Å². The summed E-state index contributed by atoms with van der Waals surface area (Å²) in [5, 5.41) is 3.50. The largest absolute Gasteiger partial charge is 0.351 e. The molecule has 0 amide bonds. The highest BCUT2D eigenvalue weighted by Gasteiger charge is 2.08. The molecule has 0 aromatic carbocycles. The van der Waals surface area contributed by atoms with Crippen molar-refractivity contribution in [3.8, 4) is 0 Å². The highest BCUT2D eigenvalue weighted by Crippen LogP contribution is 2.16. The van der Waals surface area contributed by atoms with E-state index in [4.69, 9.17) is 0 Å². The Kier molecular flexibility index (Phi) is 3.76. The summed E-state index contributed by atoms with van der Waals surface area (Å²) >= 11 is 0. The molecule has 0 saturated carbocycles. The van der Waals surface area contributed by atoms with Crippen molar-refractivity contribution in [1.29, 1.82) is 0 Å². The molecule has 0 saturated heterocycles. The molecule has 1 aromatic rings. The van der Waals surface area contributed by atoms with Crippen LogP contribution >= 0.6 is 0 Å². The van der Waals surface area contributed by atoms with E-state index in [-0.39, 0.29) is 0 Å². The predicted molar refractivity (Wildman–Crippen MR) is 61.5 cm³/mol. The van der Waals surface area contributed by atoms with Gasteiger partial charge < -0.3 is 9.88 Å². The van der Waals surface area contributed by atoms with E-state index in [9.17, 15) is 0 Å². The third kappa shape index (κ3) is 2.88. The summed E-state index contributed by atoms with van der Waals surface area (Å²) in [5.41, 5.74) is 1.37. The molecule has 1 heterocycles. The third-order valence-corrected chi connectivity index (χ3v) is 2.42. The fraction of sp³-hybridized carbons (Fsp3) is 0.667.